The van der Waals surface area contributed by atoms with E-state index in [0.29, 0.717) is 5.88 Å². The van der Waals surface area contributed by atoms with Crippen molar-refractivity contribution in [3.8, 4) is 5.88 Å². The van der Waals surface area contributed by atoms with Gasteiger partial charge in [0, 0.05) is 17.7 Å². The van der Waals surface area contributed by atoms with Gasteiger partial charge < -0.3 is 9.15 Å². The maximum absolute atomic E-state index is 5.79. The molecule has 0 fully saturated rings. The number of aryl methyl sites for hydroxylation is 4. The van der Waals surface area contributed by atoms with Gasteiger partial charge in [0.05, 0.1) is 7.11 Å². The van der Waals surface area contributed by atoms with Gasteiger partial charge in [-0.2, -0.15) is 0 Å². The van der Waals surface area contributed by atoms with Gasteiger partial charge in [-0.05, 0) is 43.5 Å². The Balaban J connectivity index is 1.82. The minimum absolute atomic E-state index is 0.707. The molecule has 2 heterocycles. The fourth-order valence-corrected chi connectivity index (χ4v) is 2.82. The van der Waals surface area contributed by atoms with E-state index in [9.17, 15) is 0 Å². The molecule has 0 unspecified atom stereocenters. The molecule has 0 atom stereocenters. The first-order valence-electron chi connectivity index (χ1n) is 8.09. The second-order valence-corrected chi connectivity index (χ2v) is 5.73. The van der Waals surface area contributed by atoms with Crippen molar-refractivity contribution >= 4 is 11.1 Å². The quantitative estimate of drug-likeness (QED) is 0.682. The van der Waals surface area contributed by atoms with Gasteiger partial charge in [0.15, 0.2) is 11.5 Å². The van der Waals surface area contributed by atoms with E-state index in [4.69, 9.17) is 9.15 Å². The topological polar surface area (TPSA) is 48.2 Å². The van der Waals surface area contributed by atoms with Gasteiger partial charge in [-0.3, -0.25) is 0 Å². The molecule has 0 saturated heterocycles. The number of oxazole rings is 1. The molecule has 0 aliphatic rings. The number of nitrogens with zero attached hydrogens (tertiary/aromatic N) is 2. The Morgan fingerprint density at radius 3 is 2.61 bits per heavy atom. The third kappa shape index (κ3) is 3.36. The normalized spacial score (nSPS) is 11.1. The van der Waals surface area contributed by atoms with Crippen LogP contribution in [0.5, 0.6) is 5.88 Å². The summed E-state index contributed by atoms with van der Waals surface area (Å²) >= 11 is 0. The van der Waals surface area contributed by atoms with E-state index in [-0.39, 0.29) is 0 Å². The average molecular weight is 310 g/mol. The molecule has 2 aromatic heterocycles. The predicted octanol–water partition coefficient (Wildman–Crippen LogP) is 4.28. The molecule has 120 valence electrons. The number of hydrogen-bond acceptors (Lipinski definition) is 4. The molecule has 0 bridgehead atoms. The molecule has 3 rings (SSSR count). The lowest BCUT2D eigenvalue weighted by molar-refractivity contribution is 0.390. The lowest BCUT2D eigenvalue weighted by Crippen LogP contribution is -2.03. The van der Waals surface area contributed by atoms with Gasteiger partial charge in [-0.1, -0.05) is 25.5 Å². The first kappa shape index (κ1) is 15.5. The maximum Gasteiger partial charge on any atom is 0.216 e. The first-order chi connectivity index (χ1) is 11.2. The van der Waals surface area contributed by atoms with Crippen LogP contribution in [0.25, 0.3) is 11.1 Å². The molecule has 3 aromatic rings. The number of para-hydroxylation sites is 2. The molecule has 0 spiro atoms. The second-order valence-electron chi connectivity index (χ2n) is 5.73. The summed E-state index contributed by atoms with van der Waals surface area (Å²) in [5.41, 5.74) is 5.20. The molecule has 0 aliphatic heterocycles. The van der Waals surface area contributed by atoms with Crippen LogP contribution in [0.4, 0.5) is 0 Å². The smallest absolute Gasteiger partial charge is 0.216 e. The highest BCUT2D eigenvalue weighted by Gasteiger charge is 2.12. The fourth-order valence-electron chi connectivity index (χ4n) is 2.82. The first-order valence-corrected chi connectivity index (χ1v) is 8.09. The minimum atomic E-state index is 0.707. The molecule has 0 radical (unpaired) electrons. The summed E-state index contributed by atoms with van der Waals surface area (Å²) < 4.78 is 11.2. The fraction of sp³-hybridized carbons (Fsp3) is 0.368. The van der Waals surface area contributed by atoms with Crippen molar-refractivity contribution in [2.24, 2.45) is 0 Å². The molecular formula is C19H22N2O2. The Labute approximate surface area is 136 Å². The largest absolute Gasteiger partial charge is 0.481 e. The summed E-state index contributed by atoms with van der Waals surface area (Å²) in [7, 11) is 1.67. The maximum atomic E-state index is 5.79. The third-order valence-electron chi connectivity index (χ3n) is 4.02. The molecule has 4 heteroatoms. The van der Waals surface area contributed by atoms with Crippen molar-refractivity contribution in [2.75, 3.05) is 7.11 Å². The highest BCUT2D eigenvalue weighted by molar-refractivity contribution is 5.72. The van der Waals surface area contributed by atoms with Crippen molar-refractivity contribution in [3.05, 3.63) is 53.0 Å². The zero-order valence-corrected chi connectivity index (χ0v) is 13.9. The van der Waals surface area contributed by atoms with Crippen molar-refractivity contribution in [1.29, 1.82) is 0 Å². The highest BCUT2D eigenvalue weighted by Crippen LogP contribution is 2.23. The number of hydrogen-bond donors (Lipinski definition) is 0. The van der Waals surface area contributed by atoms with Crippen LogP contribution in [0.15, 0.2) is 34.7 Å². The van der Waals surface area contributed by atoms with Gasteiger partial charge >= 0.3 is 0 Å². The van der Waals surface area contributed by atoms with Crippen LogP contribution in [0.3, 0.4) is 0 Å². The molecular weight excluding hydrogens is 288 g/mol. The second kappa shape index (κ2) is 6.82. The van der Waals surface area contributed by atoms with E-state index in [0.717, 1.165) is 53.9 Å². The molecule has 4 nitrogen and oxygen atoms in total. The zero-order valence-electron chi connectivity index (χ0n) is 13.9. The van der Waals surface area contributed by atoms with E-state index < -0.39 is 0 Å². The number of pyridine rings is 1. The average Bonchev–Trinajstić information content (AvgIpc) is 2.98. The highest BCUT2D eigenvalue weighted by atomic mass is 16.5. The number of rotatable bonds is 6. The van der Waals surface area contributed by atoms with Crippen molar-refractivity contribution in [1.82, 2.24) is 9.97 Å². The Bertz CT molecular complexity index is 775. The minimum Gasteiger partial charge on any atom is -0.481 e. The van der Waals surface area contributed by atoms with Crippen LogP contribution in [-0.4, -0.2) is 17.1 Å². The van der Waals surface area contributed by atoms with Crippen LogP contribution in [0.1, 0.15) is 36.1 Å². The van der Waals surface area contributed by atoms with Gasteiger partial charge in [-0.15, -0.1) is 0 Å². The van der Waals surface area contributed by atoms with Crippen LogP contribution >= 0.6 is 0 Å². The van der Waals surface area contributed by atoms with Gasteiger partial charge in [0.25, 0.3) is 0 Å². The molecule has 23 heavy (non-hydrogen) atoms. The van der Waals surface area contributed by atoms with E-state index in [2.05, 4.69) is 23.0 Å². The van der Waals surface area contributed by atoms with Crippen molar-refractivity contribution < 1.29 is 9.15 Å². The summed E-state index contributed by atoms with van der Waals surface area (Å²) in [6, 6.07) is 10.1. The van der Waals surface area contributed by atoms with Crippen molar-refractivity contribution in [3.63, 3.8) is 0 Å². The predicted molar refractivity (Wildman–Crippen MR) is 90.9 cm³/mol. The summed E-state index contributed by atoms with van der Waals surface area (Å²) in [6.45, 7) is 4.22. The third-order valence-corrected chi connectivity index (χ3v) is 4.02. The van der Waals surface area contributed by atoms with Crippen LogP contribution in [0, 0.1) is 6.92 Å². The zero-order chi connectivity index (χ0) is 16.2. The van der Waals surface area contributed by atoms with Crippen LogP contribution in [0.2, 0.25) is 0 Å². The Morgan fingerprint density at radius 1 is 1.04 bits per heavy atom. The van der Waals surface area contributed by atoms with Crippen LogP contribution in [-0.2, 0) is 19.3 Å². The summed E-state index contributed by atoms with van der Waals surface area (Å²) in [5, 5.41) is 0. The lowest BCUT2D eigenvalue weighted by Gasteiger charge is -2.11. The molecule has 0 saturated carbocycles. The van der Waals surface area contributed by atoms with Crippen molar-refractivity contribution in [2.45, 2.75) is 39.5 Å². The standard InChI is InChI=1S/C19H22N2O2/c1-4-7-14-12-15(19(22-3)20-13(14)2)10-11-18-21-16-8-5-6-9-17(16)23-18/h5-6,8-9,12H,4,7,10-11H2,1-3H3. The van der Waals surface area contributed by atoms with E-state index in [1.165, 1.54) is 5.56 Å². The number of benzene rings is 1. The van der Waals surface area contributed by atoms with Gasteiger partial charge in [-0.25, -0.2) is 9.97 Å². The molecule has 0 amide bonds. The monoisotopic (exact) mass is 310 g/mol. The van der Waals surface area contributed by atoms with E-state index >= 15 is 0 Å². The molecule has 1 aromatic carbocycles. The summed E-state index contributed by atoms with van der Waals surface area (Å²) in [4.78, 5) is 9.12. The Kier molecular flexibility index (Phi) is 4.60. The number of aromatic nitrogens is 2. The molecule has 0 aliphatic carbocycles. The lowest BCUT2D eigenvalue weighted by atomic mass is 10.0. The van der Waals surface area contributed by atoms with Gasteiger partial charge in [0.1, 0.15) is 5.52 Å². The Morgan fingerprint density at radius 2 is 1.87 bits per heavy atom. The SMILES string of the molecule is CCCc1cc(CCc2nc3ccccc3o2)c(OC)nc1C. The van der Waals surface area contributed by atoms with E-state index in [1.54, 1.807) is 7.11 Å². The van der Waals surface area contributed by atoms with E-state index in [1.807, 2.05) is 31.2 Å². The number of methoxy groups -OCH3 is 1. The Hall–Kier alpha value is -2.36. The van der Waals surface area contributed by atoms with Crippen LogP contribution < -0.4 is 4.74 Å². The van der Waals surface area contributed by atoms with Gasteiger partial charge in [0.2, 0.25) is 5.88 Å². The summed E-state index contributed by atoms with van der Waals surface area (Å²) in [5.74, 6) is 1.46. The number of fused-ring (bicyclic) bond motifs is 1. The summed E-state index contributed by atoms with van der Waals surface area (Å²) in [6.07, 6.45) is 3.69. The molecule has 0 N–H and O–H groups in total. The number of ether oxygens (including phenoxy) is 1.